The maximum atomic E-state index is 5.40. The van der Waals surface area contributed by atoms with Gasteiger partial charge in [-0.15, -0.1) is 0 Å². The molecule has 0 fully saturated rings. The fraction of sp³-hybridized carbons (Fsp3) is 0.500. The van der Waals surface area contributed by atoms with Gasteiger partial charge in [-0.25, -0.2) is 4.40 Å². The Bertz CT molecular complexity index is 438. The van der Waals surface area contributed by atoms with Gasteiger partial charge in [0.15, 0.2) is 0 Å². The lowest BCUT2D eigenvalue weighted by molar-refractivity contribution is 0.414. The summed E-state index contributed by atoms with van der Waals surface area (Å²) in [5.74, 6) is 0.869. The van der Waals surface area contributed by atoms with Gasteiger partial charge in [-0.1, -0.05) is 22.9 Å². The van der Waals surface area contributed by atoms with Gasteiger partial charge in [0.1, 0.15) is 5.75 Å². The minimum Gasteiger partial charge on any atom is -0.496 e. The molecule has 0 aromatic heterocycles. The number of hydrogen-bond acceptors (Lipinski definition) is 3. The van der Waals surface area contributed by atoms with Gasteiger partial charge >= 0.3 is 0 Å². The highest BCUT2D eigenvalue weighted by Crippen LogP contribution is 2.29. The first kappa shape index (κ1) is 15.6. The Balaban J connectivity index is 3.12. The van der Waals surface area contributed by atoms with Gasteiger partial charge in [0.25, 0.3) is 0 Å². The summed E-state index contributed by atoms with van der Waals surface area (Å²) in [6.45, 7) is 8.59. The van der Waals surface area contributed by atoms with Crippen molar-refractivity contribution in [1.82, 2.24) is 0 Å². The molecule has 0 aliphatic heterocycles. The van der Waals surface area contributed by atoms with Crippen LogP contribution < -0.4 is 4.74 Å². The van der Waals surface area contributed by atoms with E-state index >= 15 is 0 Å². The van der Waals surface area contributed by atoms with E-state index in [1.165, 1.54) is 0 Å². The SMILES string of the molecule is CCC(=NSC(C)(C)C)c1cc(Br)ccc1OC. The zero-order chi connectivity index (χ0) is 13.8. The first-order chi connectivity index (χ1) is 8.37. The Hall–Kier alpha value is -0.480. The van der Waals surface area contributed by atoms with Crippen molar-refractivity contribution in [2.45, 2.75) is 38.9 Å². The maximum absolute atomic E-state index is 5.40. The van der Waals surface area contributed by atoms with E-state index in [0.29, 0.717) is 0 Å². The van der Waals surface area contributed by atoms with E-state index in [2.05, 4.69) is 54.1 Å². The highest BCUT2D eigenvalue weighted by Gasteiger charge is 2.14. The fourth-order valence-corrected chi connectivity index (χ4v) is 2.37. The fourth-order valence-electron chi connectivity index (χ4n) is 1.40. The van der Waals surface area contributed by atoms with Gasteiger partial charge in [0, 0.05) is 14.8 Å². The zero-order valence-corrected chi connectivity index (χ0v) is 14.0. The first-order valence-electron chi connectivity index (χ1n) is 5.96. The molecule has 100 valence electrons. The molecule has 2 nitrogen and oxygen atoms in total. The van der Waals surface area contributed by atoms with Crippen LogP contribution in [0.2, 0.25) is 0 Å². The molecule has 0 spiro atoms. The van der Waals surface area contributed by atoms with Gasteiger partial charge < -0.3 is 4.74 Å². The minimum absolute atomic E-state index is 0.125. The standard InChI is InChI=1S/C14H20BrNOS/c1-6-12(16-18-14(2,3)4)11-9-10(15)7-8-13(11)17-5/h7-9H,6H2,1-5H3. The molecule has 0 aliphatic carbocycles. The van der Waals surface area contributed by atoms with Crippen molar-refractivity contribution in [3.8, 4) is 5.75 Å². The molecular formula is C14H20BrNOS. The molecule has 0 radical (unpaired) electrons. The number of ether oxygens (including phenoxy) is 1. The summed E-state index contributed by atoms with van der Waals surface area (Å²) in [4.78, 5) is 0. The molecule has 18 heavy (non-hydrogen) atoms. The summed E-state index contributed by atoms with van der Waals surface area (Å²) >= 11 is 5.10. The minimum atomic E-state index is 0.125. The van der Waals surface area contributed by atoms with Crippen molar-refractivity contribution < 1.29 is 4.74 Å². The number of halogens is 1. The summed E-state index contributed by atoms with van der Waals surface area (Å²) in [6.07, 6.45) is 0.885. The number of rotatable bonds is 4. The summed E-state index contributed by atoms with van der Waals surface area (Å²) < 4.78 is 11.2. The predicted octanol–water partition coefficient (Wildman–Crippen LogP) is 5.10. The molecule has 1 aromatic carbocycles. The van der Waals surface area contributed by atoms with E-state index < -0.39 is 0 Å². The van der Waals surface area contributed by atoms with E-state index in [9.17, 15) is 0 Å². The highest BCUT2D eigenvalue weighted by atomic mass is 79.9. The van der Waals surface area contributed by atoms with Crippen molar-refractivity contribution in [2.75, 3.05) is 7.11 Å². The van der Waals surface area contributed by atoms with E-state index in [-0.39, 0.29) is 4.75 Å². The van der Waals surface area contributed by atoms with Crippen LogP contribution in [0.3, 0.4) is 0 Å². The normalized spacial score (nSPS) is 12.7. The number of hydrogen-bond donors (Lipinski definition) is 0. The molecule has 0 saturated heterocycles. The lowest BCUT2D eigenvalue weighted by Gasteiger charge is -2.15. The van der Waals surface area contributed by atoms with Gasteiger partial charge in [-0.05, 0) is 57.3 Å². The Morgan fingerprint density at radius 2 is 2.06 bits per heavy atom. The average molecular weight is 330 g/mol. The van der Waals surface area contributed by atoms with Crippen LogP contribution >= 0.6 is 27.9 Å². The Kier molecular flexibility index (Phi) is 5.73. The zero-order valence-electron chi connectivity index (χ0n) is 11.6. The van der Waals surface area contributed by atoms with E-state index in [1.54, 1.807) is 19.1 Å². The van der Waals surface area contributed by atoms with Crippen molar-refractivity contribution in [3.05, 3.63) is 28.2 Å². The smallest absolute Gasteiger partial charge is 0.128 e. The van der Waals surface area contributed by atoms with E-state index in [1.807, 2.05) is 12.1 Å². The quantitative estimate of drug-likeness (QED) is 0.566. The summed E-state index contributed by atoms with van der Waals surface area (Å²) in [5, 5.41) is 0. The van der Waals surface area contributed by atoms with Crippen molar-refractivity contribution >= 4 is 33.6 Å². The van der Waals surface area contributed by atoms with Gasteiger partial charge in [-0.3, -0.25) is 0 Å². The second-order valence-corrected chi connectivity index (χ2v) is 7.45. The van der Waals surface area contributed by atoms with E-state index in [0.717, 1.165) is 27.9 Å². The van der Waals surface area contributed by atoms with Crippen LogP contribution in [0.25, 0.3) is 0 Å². The third-order valence-electron chi connectivity index (χ3n) is 2.24. The molecule has 0 N–H and O–H groups in total. The maximum Gasteiger partial charge on any atom is 0.128 e. The van der Waals surface area contributed by atoms with Crippen LogP contribution in [0.15, 0.2) is 27.1 Å². The highest BCUT2D eigenvalue weighted by molar-refractivity contribution is 9.10. The second kappa shape index (κ2) is 6.62. The van der Waals surface area contributed by atoms with Crippen molar-refractivity contribution in [3.63, 3.8) is 0 Å². The van der Waals surface area contributed by atoms with Gasteiger partial charge in [0.2, 0.25) is 0 Å². The predicted molar refractivity (Wildman–Crippen MR) is 84.9 cm³/mol. The van der Waals surface area contributed by atoms with Crippen LogP contribution in [-0.4, -0.2) is 17.6 Å². The Morgan fingerprint density at radius 3 is 2.56 bits per heavy atom. The van der Waals surface area contributed by atoms with Crippen molar-refractivity contribution in [1.29, 1.82) is 0 Å². The van der Waals surface area contributed by atoms with Crippen LogP contribution in [0, 0.1) is 0 Å². The summed E-state index contributed by atoms with van der Waals surface area (Å²) in [6, 6.07) is 6.00. The summed E-state index contributed by atoms with van der Waals surface area (Å²) in [5.41, 5.74) is 2.12. The van der Waals surface area contributed by atoms with Crippen LogP contribution in [0.1, 0.15) is 39.7 Å². The average Bonchev–Trinajstić information content (AvgIpc) is 2.28. The largest absolute Gasteiger partial charge is 0.496 e. The lowest BCUT2D eigenvalue weighted by atomic mass is 10.1. The molecule has 0 amide bonds. The summed E-state index contributed by atoms with van der Waals surface area (Å²) in [7, 11) is 1.69. The van der Waals surface area contributed by atoms with Crippen LogP contribution in [0.5, 0.6) is 5.75 Å². The first-order valence-corrected chi connectivity index (χ1v) is 7.53. The van der Waals surface area contributed by atoms with E-state index in [4.69, 9.17) is 4.74 Å². The topological polar surface area (TPSA) is 21.6 Å². The molecule has 0 atom stereocenters. The van der Waals surface area contributed by atoms with Crippen LogP contribution in [0.4, 0.5) is 0 Å². The molecule has 0 heterocycles. The van der Waals surface area contributed by atoms with Crippen molar-refractivity contribution in [2.24, 2.45) is 4.40 Å². The molecule has 0 aliphatic rings. The third-order valence-corrected chi connectivity index (χ3v) is 3.59. The molecule has 0 bridgehead atoms. The third kappa shape index (κ3) is 4.65. The molecule has 0 unspecified atom stereocenters. The Morgan fingerprint density at radius 1 is 1.39 bits per heavy atom. The van der Waals surface area contributed by atoms with Gasteiger partial charge in [-0.2, -0.15) is 0 Å². The molecule has 4 heteroatoms. The number of nitrogens with zero attached hydrogens (tertiary/aromatic N) is 1. The number of benzene rings is 1. The molecule has 1 rings (SSSR count). The number of methoxy groups -OCH3 is 1. The molecule has 0 saturated carbocycles. The lowest BCUT2D eigenvalue weighted by Crippen LogP contribution is -2.08. The van der Waals surface area contributed by atoms with Gasteiger partial charge in [0.05, 0.1) is 12.8 Å². The van der Waals surface area contributed by atoms with Crippen LogP contribution in [-0.2, 0) is 0 Å². The molecular weight excluding hydrogens is 310 g/mol. The molecule has 1 aromatic rings. The second-order valence-electron chi connectivity index (χ2n) is 4.94. The monoisotopic (exact) mass is 329 g/mol. The Labute approximate surface area is 122 Å².